The van der Waals surface area contributed by atoms with Gasteiger partial charge in [0.2, 0.25) is 5.91 Å². The van der Waals surface area contributed by atoms with Crippen LogP contribution in [0.25, 0.3) is 0 Å². The molecule has 0 spiro atoms. The lowest BCUT2D eigenvalue weighted by Crippen LogP contribution is -2.51. The normalized spacial score (nSPS) is 25.4. The summed E-state index contributed by atoms with van der Waals surface area (Å²) in [6, 6.07) is 5.64. The monoisotopic (exact) mass is 247 g/mol. The standard InChI is InChI=1S/C14H21N3O/c1-10-6-5-9-16-13(10)14(18)17-11(2)12-7-3-4-8-15-12/h3-4,7-8,10-11,13,16H,5-6,9H2,1-2H3,(H,17,18)/t10?,11-,13?/m1/s1. The zero-order chi connectivity index (χ0) is 13.0. The number of nitrogens with one attached hydrogen (secondary N) is 2. The highest BCUT2D eigenvalue weighted by molar-refractivity contribution is 5.82. The Bertz CT molecular complexity index is 393. The zero-order valence-corrected chi connectivity index (χ0v) is 11.0. The van der Waals surface area contributed by atoms with E-state index in [1.807, 2.05) is 25.1 Å². The van der Waals surface area contributed by atoms with E-state index in [1.165, 1.54) is 0 Å². The summed E-state index contributed by atoms with van der Waals surface area (Å²) in [5, 5.41) is 6.33. The average molecular weight is 247 g/mol. The zero-order valence-electron chi connectivity index (χ0n) is 11.0. The predicted octanol–water partition coefficient (Wildman–Crippen LogP) is 1.65. The molecule has 1 aliphatic rings. The Hall–Kier alpha value is -1.42. The van der Waals surface area contributed by atoms with Crippen molar-refractivity contribution in [3.05, 3.63) is 30.1 Å². The summed E-state index contributed by atoms with van der Waals surface area (Å²) in [5.41, 5.74) is 0.898. The molecular weight excluding hydrogens is 226 g/mol. The molecule has 4 heteroatoms. The molecule has 1 amide bonds. The lowest BCUT2D eigenvalue weighted by molar-refractivity contribution is -0.125. The number of carbonyl (C=O) groups excluding carboxylic acids is 1. The Kier molecular flexibility index (Phi) is 4.31. The van der Waals surface area contributed by atoms with Gasteiger partial charge < -0.3 is 10.6 Å². The van der Waals surface area contributed by atoms with Gasteiger partial charge in [0, 0.05) is 6.20 Å². The number of aromatic nitrogens is 1. The molecule has 1 fully saturated rings. The number of nitrogens with zero attached hydrogens (tertiary/aromatic N) is 1. The topological polar surface area (TPSA) is 54.0 Å². The fourth-order valence-corrected chi connectivity index (χ4v) is 2.41. The lowest BCUT2D eigenvalue weighted by Gasteiger charge is -2.30. The third-order valence-corrected chi connectivity index (χ3v) is 3.54. The van der Waals surface area contributed by atoms with Crippen LogP contribution in [0.2, 0.25) is 0 Å². The van der Waals surface area contributed by atoms with Gasteiger partial charge in [0.25, 0.3) is 0 Å². The Morgan fingerprint density at radius 2 is 2.39 bits per heavy atom. The molecule has 2 heterocycles. The highest BCUT2D eigenvalue weighted by Gasteiger charge is 2.28. The second-order valence-corrected chi connectivity index (χ2v) is 5.04. The van der Waals surface area contributed by atoms with Gasteiger partial charge >= 0.3 is 0 Å². The molecule has 1 saturated heterocycles. The van der Waals surface area contributed by atoms with E-state index in [1.54, 1.807) is 6.20 Å². The quantitative estimate of drug-likeness (QED) is 0.854. The molecule has 3 atom stereocenters. The molecule has 0 radical (unpaired) electrons. The van der Waals surface area contributed by atoms with Crippen LogP contribution >= 0.6 is 0 Å². The second kappa shape index (κ2) is 5.96. The van der Waals surface area contributed by atoms with Crippen LogP contribution in [0.3, 0.4) is 0 Å². The number of amides is 1. The Balaban J connectivity index is 1.94. The van der Waals surface area contributed by atoms with Crippen LogP contribution in [-0.4, -0.2) is 23.5 Å². The summed E-state index contributed by atoms with van der Waals surface area (Å²) in [6.45, 7) is 5.02. The minimum absolute atomic E-state index is 0.0466. The highest BCUT2D eigenvalue weighted by atomic mass is 16.2. The summed E-state index contributed by atoms with van der Waals surface area (Å²) in [4.78, 5) is 16.5. The van der Waals surface area contributed by atoms with Crippen LogP contribution in [0.1, 0.15) is 38.4 Å². The van der Waals surface area contributed by atoms with Crippen LogP contribution in [0.5, 0.6) is 0 Å². The lowest BCUT2D eigenvalue weighted by atomic mass is 9.92. The molecule has 18 heavy (non-hydrogen) atoms. The van der Waals surface area contributed by atoms with Crippen LogP contribution < -0.4 is 10.6 Å². The summed E-state index contributed by atoms with van der Waals surface area (Å²) >= 11 is 0. The maximum absolute atomic E-state index is 12.2. The van der Waals surface area contributed by atoms with Crippen molar-refractivity contribution in [2.45, 2.75) is 38.8 Å². The molecule has 2 unspecified atom stereocenters. The Morgan fingerprint density at radius 1 is 1.56 bits per heavy atom. The van der Waals surface area contributed by atoms with Crippen LogP contribution in [-0.2, 0) is 4.79 Å². The summed E-state index contributed by atoms with van der Waals surface area (Å²) in [6.07, 6.45) is 4.02. The third kappa shape index (κ3) is 3.07. The fraction of sp³-hybridized carbons (Fsp3) is 0.571. The first-order valence-corrected chi connectivity index (χ1v) is 6.63. The van der Waals surface area contributed by atoms with Crippen molar-refractivity contribution < 1.29 is 4.79 Å². The minimum atomic E-state index is -0.0649. The smallest absolute Gasteiger partial charge is 0.237 e. The van der Waals surface area contributed by atoms with Crippen molar-refractivity contribution in [1.82, 2.24) is 15.6 Å². The molecule has 0 aliphatic carbocycles. The van der Waals surface area contributed by atoms with Crippen LogP contribution in [0, 0.1) is 5.92 Å². The number of piperidine rings is 1. The molecule has 1 aromatic heterocycles. The molecule has 0 aromatic carbocycles. The molecule has 2 rings (SSSR count). The first-order chi connectivity index (χ1) is 8.68. The summed E-state index contributed by atoms with van der Waals surface area (Å²) in [5.74, 6) is 0.482. The van der Waals surface area contributed by atoms with Gasteiger partial charge in [-0.15, -0.1) is 0 Å². The first-order valence-electron chi connectivity index (χ1n) is 6.63. The number of hydrogen-bond acceptors (Lipinski definition) is 3. The largest absolute Gasteiger partial charge is 0.347 e. The van der Waals surface area contributed by atoms with Gasteiger partial charge in [-0.3, -0.25) is 9.78 Å². The summed E-state index contributed by atoms with van der Waals surface area (Å²) in [7, 11) is 0. The number of rotatable bonds is 3. The van der Waals surface area contributed by atoms with Crippen molar-refractivity contribution in [2.75, 3.05) is 6.54 Å². The minimum Gasteiger partial charge on any atom is -0.347 e. The maximum atomic E-state index is 12.2. The van der Waals surface area contributed by atoms with Crippen molar-refractivity contribution >= 4 is 5.91 Å². The Morgan fingerprint density at radius 3 is 3.06 bits per heavy atom. The van der Waals surface area contributed by atoms with Gasteiger partial charge in [-0.2, -0.15) is 0 Å². The third-order valence-electron chi connectivity index (χ3n) is 3.54. The van der Waals surface area contributed by atoms with Gasteiger partial charge in [0.15, 0.2) is 0 Å². The van der Waals surface area contributed by atoms with E-state index in [0.29, 0.717) is 5.92 Å². The number of pyridine rings is 1. The molecule has 0 bridgehead atoms. The van der Waals surface area contributed by atoms with Crippen LogP contribution in [0.15, 0.2) is 24.4 Å². The average Bonchev–Trinajstić information content (AvgIpc) is 2.40. The number of hydrogen-bond donors (Lipinski definition) is 2. The van der Waals surface area contributed by atoms with E-state index in [0.717, 1.165) is 25.1 Å². The predicted molar refractivity (Wildman–Crippen MR) is 71.0 cm³/mol. The maximum Gasteiger partial charge on any atom is 0.237 e. The van der Waals surface area contributed by atoms with Gasteiger partial charge in [-0.05, 0) is 44.4 Å². The molecule has 4 nitrogen and oxygen atoms in total. The Labute approximate surface area is 108 Å². The van der Waals surface area contributed by atoms with E-state index >= 15 is 0 Å². The van der Waals surface area contributed by atoms with E-state index in [4.69, 9.17) is 0 Å². The van der Waals surface area contributed by atoms with Gasteiger partial charge in [-0.25, -0.2) is 0 Å². The molecule has 0 saturated carbocycles. The van der Waals surface area contributed by atoms with Crippen molar-refractivity contribution in [3.8, 4) is 0 Å². The van der Waals surface area contributed by atoms with E-state index in [9.17, 15) is 4.79 Å². The van der Waals surface area contributed by atoms with Crippen LogP contribution in [0.4, 0.5) is 0 Å². The van der Waals surface area contributed by atoms with E-state index < -0.39 is 0 Å². The molecule has 2 N–H and O–H groups in total. The highest BCUT2D eigenvalue weighted by Crippen LogP contribution is 2.17. The second-order valence-electron chi connectivity index (χ2n) is 5.04. The van der Waals surface area contributed by atoms with Gasteiger partial charge in [0.05, 0.1) is 17.8 Å². The van der Waals surface area contributed by atoms with Crippen molar-refractivity contribution in [1.29, 1.82) is 0 Å². The van der Waals surface area contributed by atoms with E-state index in [2.05, 4.69) is 22.5 Å². The van der Waals surface area contributed by atoms with Crippen molar-refractivity contribution in [2.24, 2.45) is 5.92 Å². The van der Waals surface area contributed by atoms with Gasteiger partial charge in [0.1, 0.15) is 0 Å². The number of carbonyl (C=O) groups is 1. The molecule has 98 valence electrons. The van der Waals surface area contributed by atoms with E-state index in [-0.39, 0.29) is 18.0 Å². The molecular formula is C14H21N3O. The van der Waals surface area contributed by atoms with Gasteiger partial charge in [-0.1, -0.05) is 13.0 Å². The molecule has 1 aliphatic heterocycles. The molecule has 1 aromatic rings. The SMILES string of the molecule is CC1CCCNC1C(=O)N[C@H](C)c1ccccn1. The first kappa shape index (κ1) is 13.0. The van der Waals surface area contributed by atoms with Crippen molar-refractivity contribution in [3.63, 3.8) is 0 Å². The summed E-state index contributed by atoms with van der Waals surface area (Å²) < 4.78 is 0. The fourth-order valence-electron chi connectivity index (χ4n) is 2.41.